The molecule has 0 unspecified atom stereocenters. The molecule has 0 saturated carbocycles. The summed E-state index contributed by atoms with van der Waals surface area (Å²) < 4.78 is 37.7. The molecular formula is C34H36O6. The quantitative estimate of drug-likeness (QED) is 0.205. The summed E-state index contributed by atoms with van der Waals surface area (Å²) in [6, 6.07) is 38.1. The second kappa shape index (κ2) is 14.2. The Morgan fingerprint density at radius 2 is 0.975 bits per heavy atom. The number of rotatable bonds is 12. The van der Waals surface area contributed by atoms with E-state index in [4.69, 9.17) is 28.4 Å². The minimum atomic E-state index is -0.673. The molecule has 208 valence electrons. The highest BCUT2D eigenvalue weighted by molar-refractivity contribution is 5.30. The van der Waals surface area contributed by atoms with E-state index in [0.717, 1.165) is 28.0 Å². The van der Waals surface area contributed by atoms with Gasteiger partial charge in [0.25, 0.3) is 0 Å². The number of ether oxygens (including phenoxy) is 6. The second-order valence-corrected chi connectivity index (χ2v) is 9.72. The highest BCUT2D eigenvalue weighted by atomic mass is 16.7. The Kier molecular flexibility index (Phi) is 9.96. The smallest absolute Gasteiger partial charge is 0.186 e. The molecule has 0 bridgehead atoms. The Hall–Kier alpha value is -3.52. The van der Waals surface area contributed by atoms with Crippen molar-refractivity contribution in [1.82, 2.24) is 0 Å². The summed E-state index contributed by atoms with van der Waals surface area (Å²) >= 11 is 0. The standard InChI is InChI=1S/C34H36O6/c1-35-29-20-18-28(19-21-29)30-31(37-22-25-12-6-3-7-13-25)32(38-23-26-14-8-4-9-15-26)33(34(36-2)40-30)39-24-27-16-10-5-11-17-27/h3-21,30-34H,22-24H2,1-2H3/t30-,31-,32+,33-,34-/m1/s1. The van der Waals surface area contributed by atoms with Gasteiger partial charge in [-0.25, -0.2) is 0 Å². The number of hydrogen-bond acceptors (Lipinski definition) is 6. The van der Waals surface area contributed by atoms with Crippen molar-refractivity contribution in [3.8, 4) is 5.75 Å². The van der Waals surface area contributed by atoms with Crippen molar-refractivity contribution >= 4 is 0 Å². The monoisotopic (exact) mass is 540 g/mol. The van der Waals surface area contributed by atoms with Crippen LogP contribution in [-0.4, -0.2) is 38.8 Å². The second-order valence-electron chi connectivity index (χ2n) is 9.72. The first-order valence-corrected chi connectivity index (χ1v) is 13.5. The van der Waals surface area contributed by atoms with Gasteiger partial charge in [-0.2, -0.15) is 0 Å². The van der Waals surface area contributed by atoms with Gasteiger partial charge in [0.15, 0.2) is 6.29 Å². The Bertz CT molecular complexity index is 1270. The maximum atomic E-state index is 6.67. The molecule has 4 aromatic rings. The number of benzene rings is 4. The molecule has 4 aromatic carbocycles. The van der Waals surface area contributed by atoms with Crippen LogP contribution in [0.3, 0.4) is 0 Å². The van der Waals surface area contributed by atoms with E-state index in [1.54, 1.807) is 14.2 Å². The minimum absolute atomic E-state index is 0.387. The Labute approximate surface area is 236 Å². The van der Waals surface area contributed by atoms with Crippen LogP contribution >= 0.6 is 0 Å². The maximum Gasteiger partial charge on any atom is 0.186 e. The van der Waals surface area contributed by atoms with Crippen molar-refractivity contribution in [3.05, 3.63) is 138 Å². The average molecular weight is 541 g/mol. The van der Waals surface area contributed by atoms with Crippen LogP contribution in [0.1, 0.15) is 28.4 Å². The van der Waals surface area contributed by atoms with Crippen LogP contribution in [0.2, 0.25) is 0 Å². The van der Waals surface area contributed by atoms with Gasteiger partial charge in [0.05, 0.1) is 26.9 Å². The first-order valence-electron chi connectivity index (χ1n) is 13.5. The third kappa shape index (κ3) is 7.16. The topological polar surface area (TPSA) is 55.4 Å². The molecule has 1 heterocycles. The van der Waals surface area contributed by atoms with Crippen LogP contribution < -0.4 is 4.74 Å². The number of methoxy groups -OCH3 is 2. The molecule has 6 nitrogen and oxygen atoms in total. The molecular weight excluding hydrogens is 504 g/mol. The van der Waals surface area contributed by atoms with Gasteiger partial charge in [-0.1, -0.05) is 103 Å². The van der Waals surface area contributed by atoms with E-state index in [2.05, 4.69) is 0 Å². The van der Waals surface area contributed by atoms with Crippen molar-refractivity contribution in [1.29, 1.82) is 0 Å². The molecule has 0 amide bonds. The maximum absolute atomic E-state index is 6.67. The fourth-order valence-electron chi connectivity index (χ4n) is 4.91. The summed E-state index contributed by atoms with van der Waals surface area (Å²) in [6.07, 6.45) is -2.64. The summed E-state index contributed by atoms with van der Waals surface area (Å²) in [7, 11) is 3.29. The molecule has 0 radical (unpaired) electrons. The minimum Gasteiger partial charge on any atom is -0.497 e. The Morgan fingerprint density at radius 1 is 0.525 bits per heavy atom. The van der Waals surface area contributed by atoms with Gasteiger partial charge in [0, 0.05) is 7.11 Å². The predicted octanol–water partition coefficient (Wildman–Crippen LogP) is 6.50. The first kappa shape index (κ1) is 28.0. The van der Waals surface area contributed by atoms with Crippen LogP contribution in [0.25, 0.3) is 0 Å². The molecule has 0 spiro atoms. The molecule has 5 rings (SSSR count). The predicted molar refractivity (Wildman–Crippen MR) is 153 cm³/mol. The Balaban J connectivity index is 1.48. The SMILES string of the molecule is COc1ccc([C@H]2O[C@@H](OC)[C@H](OCc3ccccc3)[C@@H](OCc3ccccc3)[C@@H]2OCc2ccccc2)cc1. The van der Waals surface area contributed by atoms with Gasteiger partial charge in [-0.3, -0.25) is 0 Å². The van der Waals surface area contributed by atoms with Crippen LogP contribution in [0.4, 0.5) is 0 Å². The van der Waals surface area contributed by atoms with Gasteiger partial charge in [0.2, 0.25) is 0 Å². The van der Waals surface area contributed by atoms with Gasteiger partial charge in [-0.05, 0) is 34.4 Å². The third-order valence-electron chi connectivity index (χ3n) is 7.03. The molecule has 1 fully saturated rings. The summed E-state index contributed by atoms with van der Waals surface area (Å²) in [5, 5.41) is 0. The van der Waals surface area contributed by atoms with Crippen molar-refractivity contribution in [2.75, 3.05) is 14.2 Å². The lowest BCUT2D eigenvalue weighted by Gasteiger charge is -2.45. The fraction of sp³-hybridized carbons (Fsp3) is 0.294. The zero-order valence-electron chi connectivity index (χ0n) is 22.9. The van der Waals surface area contributed by atoms with E-state index in [1.165, 1.54) is 0 Å². The Morgan fingerprint density at radius 3 is 1.43 bits per heavy atom. The van der Waals surface area contributed by atoms with Gasteiger partial charge >= 0.3 is 0 Å². The summed E-state index contributed by atoms with van der Waals surface area (Å²) in [5.74, 6) is 0.769. The lowest BCUT2D eigenvalue weighted by Crippen LogP contribution is -2.57. The fourth-order valence-corrected chi connectivity index (χ4v) is 4.91. The van der Waals surface area contributed by atoms with E-state index in [0.29, 0.717) is 19.8 Å². The lowest BCUT2D eigenvalue weighted by molar-refractivity contribution is -0.320. The highest BCUT2D eigenvalue weighted by Gasteiger charge is 2.49. The molecule has 40 heavy (non-hydrogen) atoms. The first-order chi connectivity index (χ1) is 19.7. The molecule has 0 aromatic heterocycles. The molecule has 1 saturated heterocycles. The van der Waals surface area contributed by atoms with E-state index in [9.17, 15) is 0 Å². The third-order valence-corrected chi connectivity index (χ3v) is 7.03. The van der Waals surface area contributed by atoms with E-state index in [1.807, 2.05) is 115 Å². The number of hydrogen-bond donors (Lipinski definition) is 0. The van der Waals surface area contributed by atoms with Crippen molar-refractivity contribution < 1.29 is 28.4 Å². The zero-order valence-corrected chi connectivity index (χ0v) is 22.9. The average Bonchev–Trinajstić information content (AvgIpc) is 3.03. The molecule has 5 atom stereocenters. The van der Waals surface area contributed by atoms with Crippen LogP contribution in [0.15, 0.2) is 115 Å². The summed E-state index contributed by atoms with van der Waals surface area (Å²) in [5.41, 5.74) is 4.12. The van der Waals surface area contributed by atoms with Gasteiger partial charge < -0.3 is 28.4 Å². The molecule has 0 N–H and O–H groups in total. The lowest BCUT2D eigenvalue weighted by atomic mass is 9.92. The van der Waals surface area contributed by atoms with Crippen LogP contribution in [-0.2, 0) is 43.5 Å². The van der Waals surface area contributed by atoms with Gasteiger partial charge in [-0.15, -0.1) is 0 Å². The zero-order chi connectivity index (χ0) is 27.6. The molecule has 0 aliphatic carbocycles. The van der Waals surface area contributed by atoms with E-state index in [-0.39, 0.29) is 0 Å². The largest absolute Gasteiger partial charge is 0.497 e. The van der Waals surface area contributed by atoms with E-state index < -0.39 is 30.7 Å². The van der Waals surface area contributed by atoms with Crippen LogP contribution in [0.5, 0.6) is 5.75 Å². The highest BCUT2D eigenvalue weighted by Crippen LogP contribution is 2.39. The summed E-state index contributed by atoms with van der Waals surface area (Å²) in [6.45, 7) is 1.18. The van der Waals surface area contributed by atoms with Crippen LogP contribution in [0, 0.1) is 0 Å². The molecule has 1 aliphatic rings. The normalized spacial score (nSPS) is 22.6. The van der Waals surface area contributed by atoms with Crippen molar-refractivity contribution in [2.45, 2.75) is 50.5 Å². The molecule has 1 aliphatic heterocycles. The van der Waals surface area contributed by atoms with Crippen molar-refractivity contribution in [3.63, 3.8) is 0 Å². The van der Waals surface area contributed by atoms with E-state index >= 15 is 0 Å². The van der Waals surface area contributed by atoms with Crippen molar-refractivity contribution in [2.24, 2.45) is 0 Å². The summed E-state index contributed by atoms with van der Waals surface area (Å²) in [4.78, 5) is 0. The molecule has 6 heteroatoms. The van der Waals surface area contributed by atoms with Gasteiger partial charge in [0.1, 0.15) is 30.2 Å².